The lowest BCUT2D eigenvalue weighted by Crippen LogP contribution is -2.41. The van der Waals surface area contributed by atoms with Gasteiger partial charge in [0.05, 0.1) is 24.9 Å². The maximum atomic E-state index is 10.1. The van der Waals surface area contributed by atoms with Crippen LogP contribution >= 0.6 is 0 Å². The first-order valence-corrected chi connectivity index (χ1v) is 6.96. The van der Waals surface area contributed by atoms with Gasteiger partial charge in [0.15, 0.2) is 0 Å². The van der Waals surface area contributed by atoms with Gasteiger partial charge in [-0.05, 0) is 18.3 Å². The van der Waals surface area contributed by atoms with Crippen molar-refractivity contribution in [2.24, 2.45) is 11.3 Å². The van der Waals surface area contributed by atoms with E-state index in [-0.39, 0.29) is 5.41 Å². The lowest BCUT2D eigenvalue weighted by molar-refractivity contribution is -0.0771. The van der Waals surface area contributed by atoms with Gasteiger partial charge in [0.2, 0.25) is 0 Å². The monoisotopic (exact) mass is 262 g/mol. The smallest absolute Gasteiger partial charge is 0.0850 e. The van der Waals surface area contributed by atoms with Crippen molar-refractivity contribution < 1.29 is 20.4 Å². The molecular weight excluding hydrogens is 232 g/mol. The Morgan fingerprint density at radius 1 is 1.06 bits per heavy atom. The van der Waals surface area contributed by atoms with Gasteiger partial charge in [0, 0.05) is 5.92 Å². The van der Waals surface area contributed by atoms with Gasteiger partial charge in [-0.15, -0.1) is 0 Å². The molecule has 0 saturated heterocycles. The van der Waals surface area contributed by atoms with Crippen molar-refractivity contribution in [1.29, 1.82) is 0 Å². The van der Waals surface area contributed by atoms with Crippen LogP contribution in [0.1, 0.15) is 53.4 Å². The Morgan fingerprint density at radius 3 is 2.00 bits per heavy atom. The molecule has 18 heavy (non-hydrogen) atoms. The predicted molar refractivity (Wildman–Crippen MR) is 72.2 cm³/mol. The van der Waals surface area contributed by atoms with Crippen LogP contribution in [0.3, 0.4) is 0 Å². The summed E-state index contributed by atoms with van der Waals surface area (Å²) in [7, 11) is 0. The van der Waals surface area contributed by atoms with E-state index in [2.05, 4.69) is 20.8 Å². The van der Waals surface area contributed by atoms with Crippen molar-refractivity contribution in [3.63, 3.8) is 0 Å². The molecular formula is C14H30O4. The van der Waals surface area contributed by atoms with E-state index in [1.54, 1.807) is 6.92 Å². The predicted octanol–water partition coefficient (Wildman–Crippen LogP) is 1.30. The minimum Gasteiger partial charge on any atom is -0.394 e. The molecule has 0 aromatic heterocycles. The highest BCUT2D eigenvalue weighted by atomic mass is 16.3. The summed E-state index contributed by atoms with van der Waals surface area (Å²) in [5.74, 6) is -0.535. The van der Waals surface area contributed by atoms with Crippen LogP contribution < -0.4 is 0 Å². The van der Waals surface area contributed by atoms with Crippen LogP contribution in [-0.2, 0) is 0 Å². The number of aliphatic hydroxyl groups excluding tert-OH is 4. The maximum absolute atomic E-state index is 10.1. The molecule has 0 fully saturated rings. The van der Waals surface area contributed by atoms with E-state index >= 15 is 0 Å². The molecule has 0 bridgehead atoms. The Labute approximate surface area is 111 Å². The molecule has 0 rings (SSSR count). The zero-order chi connectivity index (χ0) is 14.3. The van der Waals surface area contributed by atoms with Crippen molar-refractivity contribution >= 4 is 0 Å². The first-order chi connectivity index (χ1) is 8.31. The third-order valence-corrected chi connectivity index (χ3v) is 4.14. The van der Waals surface area contributed by atoms with Crippen molar-refractivity contribution in [3.8, 4) is 0 Å². The molecule has 0 aliphatic carbocycles. The van der Waals surface area contributed by atoms with E-state index in [4.69, 9.17) is 5.11 Å². The molecule has 0 aliphatic heterocycles. The van der Waals surface area contributed by atoms with E-state index in [9.17, 15) is 15.3 Å². The van der Waals surface area contributed by atoms with Gasteiger partial charge in [-0.2, -0.15) is 0 Å². The first kappa shape index (κ1) is 17.8. The largest absolute Gasteiger partial charge is 0.394 e. The second kappa shape index (κ2) is 8.10. The fraction of sp³-hybridized carbons (Fsp3) is 1.00. The highest BCUT2D eigenvalue weighted by Crippen LogP contribution is 2.34. The Kier molecular flexibility index (Phi) is 8.03. The zero-order valence-corrected chi connectivity index (χ0v) is 12.1. The van der Waals surface area contributed by atoms with Gasteiger partial charge < -0.3 is 20.4 Å². The fourth-order valence-electron chi connectivity index (χ4n) is 2.40. The van der Waals surface area contributed by atoms with E-state index in [1.165, 1.54) is 0 Å². The molecule has 0 amide bonds. The summed E-state index contributed by atoms with van der Waals surface area (Å²) in [4.78, 5) is 0. The lowest BCUT2D eigenvalue weighted by atomic mass is 9.76. The number of hydrogen-bond acceptors (Lipinski definition) is 4. The molecule has 4 N–H and O–H groups in total. The summed E-state index contributed by atoms with van der Waals surface area (Å²) in [6.45, 7) is 7.54. The van der Waals surface area contributed by atoms with Crippen LogP contribution in [0, 0.1) is 11.3 Å². The Balaban J connectivity index is 4.50. The van der Waals surface area contributed by atoms with Crippen molar-refractivity contribution in [3.05, 3.63) is 0 Å². The minimum absolute atomic E-state index is 0.0129. The Bertz CT molecular complexity index is 222. The molecule has 1 unspecified atom stereocenters. The average Bonchev–Trinajstić information content (AvgIpc) is 2.36. The number of hydrogen-bond donors (Lipinski definition) is 4. The van der Waals surface area contributed by atoms with Crippen molar-refractivity contribution in [1.82, 2.24) is 0 Å². The molecule has 0 aromatic carbocycles. The second-order valence-electron chi connectivity index (χ2n) is 5.79. The highest BCUT2D eigenvalue weighted by Gasteiger charge is 2.33. The van der Waals surface area contributed by atoms with Crippen LogP contribution in [0.25, 0.3) is 0 Å². The molecule has 0 radical (unpaired) electrons. The van der Waals surface area contributed by atoms with Crippen LogP contribution in [0.5, 0.6) is 0 Å². The van der Waals surface area contributed by atoms with Gasteiger partial charge in [0.25, 0.3) is 0 Å². The molecule has 0 spiro atoms. The number of aliphatic hydroxyl groups is 4. The SMILES string of the molecule is CCCC(C)(CC)C[C@@H](O)[C@@H](O)[C@H](C)[C@H](O)CO. The van der Waals surface area contributed by atoms with Gasteiger partial charge in [-0.3, -0.25) is 0 Å². The quantitative estimate of drug-likeness (QED) is 0.505. The van der Waals surface area contributed by atoms with E-state index < -0.39 is 30.8 Å². The third kappa shape index (κ3) is 5.22. The molecule has 5 atom stereocenters. The molecule has 4 nitrogen and oxygen atoms in total. The molecule has 110 valence electrons. The van der Waals surface area contributed by atoms with Crippen LogP contribution in [0.4, 0.5) is 0 Å². The Morgan fingerprint density at radius 2 is 1.61 bits per heavy atom. The molecule has 0 heterocycles. The highest BCUT2D eigenvalue weighted by molar-refractivity contribution is 4.83. The van der Waals surface area contributed by atoms with Gasteiger partial charge in [-0.1, -0.05) is 40.5 Å². The van der Waals surface area contributed by atoms with Crippen LogP contribution in [-0.4, -0.2) is 45.3 Å². The van der Waals surface area contributed by atoms with Crippen molar-refractivity contribution in [2.75, 3.05) is 6.61 Å². The second-order valence-corrected chi connectivity index (χ2v) is 5.79. The summed E-state index contributed by atoms with van der Waals surface area (Å²) in [5.41, 5.74) is 0.0129. The summed E-state index contributed by atoms with van der Waals surface area (Å²) in [5, 5.41) is 38.4. The summed E-state index contributed by atoms with van der Waals surface area (Å²) in [6, 6.07) is 0. The maximum Gasteiger partial charge on any atom is 0.0850 e. The van der Waals surface area contributed by atoms with E-state index in [1.807, 2.05) is 0 Å². The average molecular weight is 262 g/mol. The van der Waals surface area contributed by atoms with Gasteiger partial charge in [0.1, 0.15) is 0 Å². The zero-order valence-electron chi connectivity index (χ0n) is 12.1. The first-order valence-electron chi connectivity index (χ1n) is 6.96. The minimum atomic E-state index is -1.00. The van der Waals surface area contributed by atoms with Gasteiger partial charge >= 0.3 is 0 Å². The molecule has 0 aromatic rings. The van der Waals surface area contributed by atoms with Crippen molar-refractivity contribution in [2.45, 2.75) is 71.7 Å². The fourth-order valence-corrected chi connectivity index (χ4v) is 2.40. The van der Waals surface area contributed by atoms with Crippen LogP contribution in [0.15, 0.2) is 0 Å². The lowest BCUT2D eigenvalue weighted by Gasteiger charge is -2.34. The standard InChI is InChI=1S/C14H30O4/c1-5-7-14(4,6-2)8-11(16)13(18)10(3)12(17)9-15/h10-13,15-18H,5-9H2,1-4H3/t10-,11-,12-,13+,14?/m1/s1. The topological polar surface area (TPSA) is 80.9 Å². The normalized spacial score (nSPS) is 22.0. The summed E-state index contributed by atoms with van der Waals surface area (Å²) >= 11 is 0. The number of rotatable bonds is 9. The molecule has 0 aliphatic rings. The Hall–Kier alpha value is -0.160. The molecule has 4 heteroatoms. The molecule has 0 saturated carbocycles. The summed E-state index contributed by atoms with van der Waals surface area (Å²) < 4.78 is 0. The van der Waals surface area contributed by atoms with Crippen LogP contribution in [0.2, 0.25) is 0 Å². The third-order valence-electron chi connectivity index (χ3n) is 4.14. The van der Waals surface area contributed by atoms with E-state index in [0.29, 0.717) is 6.42 Å². The van der Waals surface area contributed by atoms with Gasteiger partial charge in [-0.25, -0.2) is 0 Å². The summed E-state index contributed by atoms with van der Waals surface area (Å²) in [6.07, 6.45) is 0.649. The van der Waals surface area contributed by atoms with E-state index in [0.717, 1.165) is 19.3 Å².